The van der Waals surface area contributed by atoms with Gasteiger partial charge in [0.2, 0.25) is 5.91 Å². The Kier molecular flexibility index (Phi) is 7.15. The third kappa shape index (κ3) is 6.10. The second-order valence-corrected chi connectivity index (χ2v) is 7.30. The number of thioether (sulfide) groups is 2. The van der Waals surface area contributed by atoms with Gasteiger partial charge in [0.25, 0.3) is 5.56 Å². The fourth-order valence-electron chi connectivity index (χ4n) is 1.99. The molecule has 0 aliphatic carbocycles. The highest BCUT2D eigenvalue weighted by atomic mass is 32.2. The molecule has 2 rings (SSSR count). The van der Waals surface area contributed by atoms with Crippen molar-refractivity contribution in [2.75, 3.05) is 16.8 Å². The molecule has 0 aliphatic heterocycles. The fourth-order valence-corrected chi connectivity index (χ4v) is 3.25. The van der Waals surface area contributed by atoms with Crippen LogP contribution >= 0.6 is 23.5 Å². The zero-order valence-corrected chi connectivity index (χ0v) is 15.4. The van der Waals surface area contributed by atoms with Gasteiger partial charge in [-0.2, -0.15) is 24.9 Å². The van der Waals surface area contributed by atoms with Crippen molar-refractivity contribution in [3.05, 3.63) is 51.9 Å². The van der Waals surface area contributed by atoms with E-state index in [0.29, 0.717) is 11.4 Å². The number of carbonyl (C=O) groups is 1. The number of alkyl halides is 3. The third-order valence-corrected chi connectivity index (χ3v) is 4.86. The van der Waals surface area contributed by atoms with Gasteiger partial charge in [0.1, 0.15) is 0 Å². The van der Waals surface area contributed by atoms with Crippen molar-refractivity contribution in [2.45, 2.75) is 24.0 Å². The standard InChI is InChI=1S/C16H16F3N3O2S2/c1-2-25-8-10-7-13(23)22-15(20-10)26-9-14(24)21-12-6-4-3-5-11(12)16(17,18)19/h3-7H,2,8-9H2,1H3,(H,21,24)(H,20,22,23). The van der Waals surface area contributed by atoms with E-state index in [2.05, 4.69) is 15.3 Å². The first-order valence-corrected chi connectivity index (χ1v) is 9.70. The summed E-state index contributed by atoms with van der Waals surface area (Å²) in [5.41, 5.74) is -0.966. The number of nitrogens with one attached hydrogen (secondary N) is 2. The first-order chi connectivity index (χ1) is 12.3. The number of H-pyrrole nitrogens is 1. The maximum absolute atomic E-state index is 12.9. The van der Waals surface area contributed by atoms with Gasteiger partial charge in [-0.05, 0) is 17.9 Å². The first kappa shape index (κ1) is 20.4. The van der Waals surface area contributed by atoms with Crippen LogP contribution in [0.1, 0.15) is 18.2 Å². The van der Waals surface area contributed by atoms with Crippen LogP contribution in [0.25, 0.3) is 0 Å². The lowest BCUT2D eigenvalue weighted by Gasteiger charge is -2.13. The van der Waals surface area contributed by atoms with Gasteiger partial charge in [0.15, 0.2) is 5.16 Å². The van der Waals surface area contributed by atoms with Crippen molar-refractivity contribution in [1.29, 1.82) is 0 Å². The number of aromatic amines is 1. The molecule has 0 atom stereocenters. The van der Waals surface area contributed by atoms with Crippen LogP contribution in [0.3, 0.4) is 0 Å². The Hall–Kier alpha value is -1.94. The van der Waals surface area contributed by atoms with Gasteiger partial charge >= 0.3 is 6.18 Å². The van der Waals surface area contributed by atoms with E-state index < -0.39 is 17.6 Å². The zero-order chi connectivity index (χ0) is 19.2. The Bertz CT molecular complexity index is 825. The fraction of sp³-hybridized carbons (Fsp3) is 0.312. The predicted molar refractivity (Wildman–Crippen MR) is 97.5 cm³/mol. The van der Waals surface area contributed by atoms with Gasteiger partial charge < -0.3 is 10.3 Å². The summed E-state index contributed by atoms with van der Waals surface area (Å²) in [6, 6.07) is 6.13. The third-order valence-electron chi connectivity index (χ3n) is 3.07. The Labute approximate surface area is 156 Å². The number of nitrogens with zero attached hydrogens (tertiary/aromatic N) is 1. The van der Waals surface area contributed by atoms with Gasteiger partial charge in [-0.3, -0.25) is 9.59 Å². The van der Waals surface area contributed by atoms with E-state index in [0.717, 1.165) is 23.6 Å². The molecule has 0 unspecified atom stereocenters. The summed E-state index contributed by atoms with van der Waals surface area (Å²) in [6.45, 7) is 1.98. The van der Waals surface area contributed by atoms with Crippen LogP contribution < -0.4 is 10.9 Å². The largest absolute Gasteiger partial charge is 0.418 e. The molecule has 0 spiro atoms. The smallest absolute Gasteiger partial charge is 0.325 e. The number of aromatic nitrogens is 2. The number of benzene rings is 1. The number of hydrogen-bond acceptors (Lipinski definition) is 5. The lowest BCUT2D eigenvalue weighted by Crippen LogP contribution is -2.18. The maximum Gasteiger partial charge on any atom is 0.418 e. The lowest BCUT2D eigenvalue weighted by molar-refractivity contribution is -0.137. The molecule has 0 saturated carbocycles. The maximum atomic E-state index is 12.9. The summed E-state index contributed by atoms with van der Waals surface area (Å²) in [6.07, 6.45) is -4.56. The molecule has 5 nitrogen and oxygen atoms in total. The molecule has 1 heterocycles. The first-order valence-electron chi connectivity index (χ1n) is 7.56. The monoisotopic (exact) mass is 403 g/mol. The van der Waals surface area contributed by atoms with Gasteiger partial charge in [-0.1, -0.05) is 30.8 Å². The van der Waals surface area contributed by atoms with E-state index in [1.54, 1.807) is 11.8 Å². The molecule has 1 aromatic carbocycles. The van der Waals surface area contributed by atoms with Crippen molar-refractivity contribution in [3.8, 4) is 0 Å². The summed E-state index contributed by atoms with van der Waals surface area (Å²) in [5.74, 6) is 0.638. The Morgan fingerprint density at radius 3 is 2.73 bits per heavy atom. The molecule has 26 heavy (non-hydrogen) atoms. The number of carbonyl (C=O) groups excluding carboxylic acids is 1. The quantitative estimate of drug-likeness (QED) is 0.544. The minimum atomic E-state index is -4.56. The number of anilines is 1. The van der Waals surface area contributed by atoms with Crippen LogP contribution in [-0.2, 0) is 16.7 Å². The van der Waals surface area contributed by atoms with E-state index in [1.165, 1.54) is 24.3 Å². The molecule has 0 radical (unpaired) electrons. The molecule has 0 bridgehead atoms. The van der Waals surface area contributed by atoms with Crippen LogP contribution in [0.4, 0.5) is 18.9 Å². The number of para-hydroxylation sites is 1. The van der Waals surface area contributed by atoms with Crippen LogP contribution in [0, 0.1) is 0 Å². The zero-order valence-electron chi connectivity index (χ0n) is 13.7. The van der Waals surface area contributed by atoms with Gasteiger partial charge in [-0.25, -0.2) is 4.98 Å². The molecule has 1 aromatic heterocycles. The van der Waals surface area contributed by atoms with E-state index in [-0.39, 0.29) is 22.2 Å². The molecule has 0 saturated heterocycles. The second kappa shape index (κ2) is 9.13. The molecular weight excluding hydrogens is 387 g/mol. The molecule has 140 valence electrons. The van der Waals surface area contributed by atoms with Crippen molar-refractivity contribution < 1.29 is 18.0 Å². The summed E-state index contributed by atoms with van der Waals surface area (Å²) in [4.78, 5) is 30.3. The molecule has 2 N–H and O–H groups in total. The molecule has 1 amide bonds. The van der Waals surface area contributed by atoms with Crippen LogP contribution in [0.2, 0.25) is 0 Å². The molecule has 0 fully saturated rings. The van der Waals surface area contributed by atoms with E-state index in [4.69, 9.17) is 0 Å². The average Bonchev–Trinajstić information content (AvgIpc) is 2.57. The van der Waals surface area contributed by atoms with Crippen molar-refractivity contribution in [1.82, 2.24) is 9.97 Å². The van der Waals surface area contributed by atoms with E-state index in [9.17, 15) is 22.8 Å². The van der Waals surface area contributed by atoms with Gasteiger partial charge in [0.05, 0.1) is 22.7 Å². The number of hydrogen-bond donors (Lipinski definition) is 2. The summed E-state index contributed by atoms with van der Waals surface area (Å²) in [5, 5.41) is 2.50. The van der Waals surface area contributed by atoms with E-state index >= 15 is 0 Å². The molecule has 2 aromatic rings. The van der Waals surface area contributed by atoms with Gasteiger partial charge in [-0.15, -0.1) is 0 Å². The minimum absolute atomic E-state index is 0.181. The van der Waals surface area contributed by atoms with E-state index in [1.807, 2.05) is 6.92 Å². The highest BCUT2D eigenvalue weighted by Gasteiger charge is 2.33. The van der Waals surface area contributed by atoms with Crippen molar-refractivity contribution >= 4 is 35.1 Å². The minimum Gasteiger partial charge on any atom is -0.325 e. The summed E-state index contributed by atoms with van der Waals surface area (Å²) in [7, 11) is 0. The molecule has 10 heteroatoms. The SMILES string of the molecule is CCSCc1cc(=O)[nH]c(SCC(=O)Nc2ccccc2C(F)(F)F)n1. The topological polar surface area (TPSA) is 74.8 Å². The molecular formula is C16H16F3N3O2S2. The highest BCUT2D eigenvalue weighted by Crippen LogP contribution is 2.34. The van der Waals surface area contributed by atoms with Crippen molar-refractivity contribution in [3.63, 3.8) is 0 Å². The number of rotatable bonds is 7. The lowest BCUT2D eigenvalue weighted by atomic mass is 10.1. The Morgan fingerprint density at radius 2 is 2.04 bits per heavy atom. The Morgan fingerprint density at radius 1 is 1.31 bits per heavy atom. The number of halogens is 3. The number of amides is 1. The second-order valence-electron chi connectivity index (χ2n) is 5.06. The normalized spacial score (nSPS) is 11.4. The Balaban J connectivity index is 2.02. The molecule has 0 aliphatic rings. The highest BCUT2D eigenvalue weighted by molar-refractivity contribution is 7.99. The van der Waals surface area contributed by atoms with Crippen LogP contribution in [-0.4, -0.2) is 27.4 Å². The van der Waals surface area contributed by atoms with Crippen molar-refractivity contribution in [2.24, 2.45) is 0 Å². The van der Waals surface area contributed by atoms with Crippen LogP contribution in [0.5, 0.6) is 0 Å². The average molecular weight is 403 g/mol. The van der Waals surface area contributed by atoms with Gasteiger partial charge in [0, 0.05) is 11.8 Å². The summed E-state index contributed by atoms with van der Waals surface area (Å²) < 4.78 is 38.8. The predicted octanol–water partition coefficient (Wildman–Crippen LogP) is 3.77. The summed E-state index contributed by atoms with van der Waals surface area (Å²) >= 11 is 2.55. The van der Waals surface area contributed by atoms with Crippen LogP contribution in [0.15, 0.2) is 40.3 Å².